The molecule has 0 spiro atoms. The fourth-order valence-corrected chi connectivity index (χ4v) is 3.51. The van der Waals surface area contributed by atoms with Crippen LogP contribution < -0.4 is 28.2 Å². The zero-order valence-corrected chi connectivity index (χ0v) is 18.8. The van der Waals surface area contributed by atoms with Crippen LogP contribution in [-0.2, 0) is 4.57 Å². The molecule has 14 heteroatoms. The monoisotopic (exact) mass is 491 g/mol. The van der Waals surface area contributed by atoms with E-state index in [-0.39, 0.29) is 46.8 Å². The Balaban J connectivity index is 0.00000385. The van der Waals surface area contributed by atoms with Crippen LogP contribution in [0, 0.1) is 0 Å². The molecule has 0 saturated heterocycles. The van der Waals surface area contributed by atoms with Gasteiger partial charge >= 0.3 is 37.4 Å². The first-order valence-electron chi connectivity index (χ1n) is 8.99. The number of phosphoric acid groups is 1. The second kappa shape index (κ2) is 11.1. The van der Waals surface area contributed by atoms with Crippen molar-refractivity contribution in [1.82, 2.24) is 15.4 Å². The summed E-state index contributed by atoms with van der Waals surface area (Å²) in [6, 6.07) is 6.34. The molecule has 0 unspecified atom stereocenters. The number of aromatic nitrogens is 3. The summed E-state index contributed by atoms with van der Waals surface area (Å²) in [5.41, 5.74) is 1.81. The van der Waals surface area contributed by atoms with E-state index in [9.17, 15) is 14.4 Å². The predicted octanol–water partition coefficient (Wildman–Crippen LogP) is 2.00. The summed E-state index contributed by atoms with van der Waals surface area (Å²) in [6.07, 6.45) is 0. The number of hydrogen-bond donors (Lipinski definition) is 3. The minimum absolute atomic E-state index is 0. The Hall–Kier alpha value is -2.47. The van der Waals surface area contributed by atoms with Gasteiger partial charge in [0.1, 0.15) is 5.69 Å². The van der Waals surface area contributed by atoms with Crippen LogP contribution in [0.25, 0.3) is 22.5 Å². The molecular formula is C19H23N3NaO9P. The van der Waals surface area contributed by atoms with Gasteiger partial charge in [0.2, 0.25) is 11.5 Å². The van der Waals surface area contributed by atoms with Crippen molar-refractivity contribution in [2.45, 2.75) is 0 Å². The van der Waals surface area contributed by atoms with Crippen molar-refractivity contribution >= 4 is 37.4 Å². The molecule has 0 aliphatic heterocycles. The summed E-state index contributed by atoms with van der Waals surface area (Å²) in [7, 11) is 2.30. The van der Waals surface area contributed by atoms with E-state index < -0.39 is 7.82 Å². The van der Waals surface area contributed by atoms with Gasteiger partial charge < -0.3 is 28.2 Å². The first-order valence-corrected chi connectivity index (χ1v) is 10.5. The number of methoxy groups -OCH3 is 5. The van der Waals surface area contributed by atoms with Crippen molar-refractivity contribution < 1.29 is 42.6 Å². The van der Waals surface area contributed by atoms with Crippen LogP contribution in [0.15, 0.2) is 24.3 Å². The van der Waals surface area contributed by atoms with Gasteiger partial charge in [-0.2, -0.15) is 0 Å². The van der Waals surface area contributed by atoms with Crippen molar-refractivity contribution in [2.24, 2.45) is 0 Å². The van der Waals surface area contributed by atoms with Gasteiger partial charge in [-0.3, -0.25) is 14.9 Å². The molecule has 33 heavy (non-hydrogen) atoms. The molecule has 0 saturated carbocycles. The van der Waals surface area contributed by atoms with Crippen LogP contribution in [0.1, 0.15) is 0 Å². The number of aromatic amines is 1. The minimum atomic E-state index is -4.88. The van der Waals surface area contributed by atoms with Crippen molar-refractivity contribution in [1.29, 1.82) is 0 Å². The zero-order chi connectivity index (χ0) is 23.5. The fraction of sp³-hybridized carbons (Fsp3) is 0.263. The van der Waals surface area contributed by atoms with Crippen LogP contribution in [0.3, 0.4) is 0 Å². The topological polar surface area (TPSA) is 154 Å². The van der Waals surface area contributed by atoms with E-state index in [0.717, 1.165) is 0 Å². The van der Waals surface area contributed by atoms with E-state index in [2.05, 4.69) is 15.4 Å². The standard InChI is InChI=1S/C19H22N3O9P.Na.H/c1-26-12-6-10(7-13(27-2)18(12)29-4)16-17(21-22-20-16)11-8-14(28-3)19(30-5)15(9-11)31-32(23,24)25;;/h6-9H,1-5H3,(H,20,21,22)(H2,23,24,25);;. The summed E-state index contributed by atoms with van der Waals surface area (Å²) >= 11 is 0. The molecule has 0 aliphatic rings. The first-order chi connectivity index (χ1) is 15.3. The summed E-state index contributed by atoms with van der Waals surface area (Å²) in [6.45, 7) is 0. The fourth-order valence-electron chi connectivity index (χ4n) is 3.12. The van der Waals surface area contributed by atoms with Crippen molar-refractivity contribution in [3.8, 4) is 57.0 Å². The van der Waals surface area contributed by atoms with Crippen molar-refractivity contribution in [3.05, 3.63) is 24.3 Å². The maximum atomic E-state index is 11.5. The van der Waals surface area contributed by atoms with E-state index in [4.69, 9.17) is 28.2 Å². The molecule has 3 N–H and O–H groups in total. The molecule has 0 radical (unpaired) electrons. The third-order valence-corrected chi connectivity index (χ3v) is 4.87. The Bertz CT molecular complexity index is 1140. The molecule has 2 aromatic carbocycles. The Morgan fingerprint density at radius 2 is 1.21 bits per heavy atom. The third kappa shape index (κ3) is 5.72. The number of hydrogen-bond acceptors (Lipinski definition) is 9. The average Bonchev–Trinajstić information content (AvgIpc) is 3.26. The van der Waals surface area contributed by atoms with Crippen molar-refractivity contribution in [3.63, 3.8) is 0 Å². The molecule has 174 valence electrons. The molecule has 3 rings (SSSR count). The zero-order valence-electron chi connectivity index (χ0n) is 17.9. The van der Waals surface area contributed by atoms with Gasteiger partial charge in [0, 0.05) is 11.1 Å². The number of rotatable bonds is 9. The normalized spacial score (nSPS) is 10.8. The number of nitrogens with zero attached hydrogens (tertiary/aromatic N) is 2. The summed E-state index contributed by atoms with van der Waals surface area (Å²) < 4.78 is 42.9. The van der Waals surface area contributed by atoms with Gasteiger partial charge in [-0.1, -0.05) is 5.21 Å². The summed E-state index contributed by atoms with van der Waals surface area (Å²) in [4.78, 5) is 18.6. The van der Waals surface area contributed by atoms with Crippen LogP contribution in [0.2, 0.25) is 0 Å². The average molecular weight is 491 g/mol. The van der Waals surface area contributed by atoms with E-state index in [1.165, 1.54) is 41.6 Å². The Morgan fingerprint density at radius 3 is 1.67 bits per heavy atom. The Labute approximate surface area is 211 Å². The number of benzene rings is 2. The number of nitrogens with one attached hydrogen (secondary N) is 1. The number of H-pyrrole nitrogens is 1. The SMILES string of the molecule is COc1cc(-c2nn[nH]c2-c2cc(OC)c(OC)c(OP(=O)(O)O)c2)cc(OC)c1OC.[NaH]. The van der Waals surface area contributed by atoms with Crippen LogP contribution in [-0.4, -0.2) is 90.3 Å². The number of ether oxygens (including phenoxy) is 5. The Morgan fingerprint density at radius 1 is 0.758 bits per heavy atom. The van der Waals surface area contributed by atoms with Crippen molar-refractivity contribution in [2.75, 3.05) is 35.5 Å². The molecule has 1 heterocycles. The van der Waals surface area contributed by atoms with E-state index in [0.29, 0.717) is 39.8 Å². The van der Waals surface area contributed by atoms with E-state index >= 15 is 0 Å². The van der Waals surface area contributed by atoms with E-state index in [1.54, 1.807) is 18.2 Å². The molecule has 12 nitrogen and oxygen atoms in total. The van der Waals surface area contributed by atoms with Gasteiger partial charge in [0.25, 0.3) is 0 Å². The molecule has 0 fully saturated rings. The first kappa shape index (κ1) is 26.8. The van der Waals surface area contributed by atoms with Gasteiger partial charge in [-0.05, 0) is 24.3 Å². The molecular weight excluding hydrogens is 468 g/mol. The van der Waals surface area contributed by atoms with Crippen LogP contribution in [0.4, 0.5) is 0 Å². The van der Waals surface area contributed by atoms with Gasteiger partial charge in [-0.15, -0.1) is 5.10 Å². The third-order valence-electron chi connectivity index (χ3n) is 4.44. The number of phosphoric ester groups is 1. The summed E-state index contributed by atoms with van der Waals surface area (Å²) in [5, 5.41) is 10.8. The Kier molecular flexibility index (Phi) is 9.01. The quantitative estimate of drug-likeness (QED) is 0.297. The van der Waals surface area contributed by atoms with Gasteiger partial charge in [0.15, 0.2) is 23.0 Å². The predicted molar refractivity (Wildman–Crippen MR) is 120 cm³/mol. The van der Waals surface area contributed by atoms with Crippen LogP contribution >= 0.6 is 7.82 Å². The second-order valence-electron chi connectivity index (χ2n) is 6.24. The van der Waals surface area contributed by atoms with Gasteiger partial charge in [-0.25, -0.2) is 4.57 Å². The molecule has 0 amide bonds. The molecule has 0 atom stereocenters. The van der Waals surface area contributed by atoms with E-state index in [1.807, 2.05) is 0 Å². The molecule has 0 bridgehead atoms. The summed E-state index contributed by atoms with van der Waals surface area (Å²) in [5.74, 6) is 1.20. The molecule has 0 aliphatic carbocycles. The molecule has 1 aromatic heterocycles. The molecule has 3 aromatic rings. The maximum absolute atomic E-state index is 11.5. The van der Waals surface area contributed by atoms with Crippen LogP contribution in [0.5, 0.6) is 34.5 Å². The van der Waals surface area contributed by atoms with Gasteiger partial charge in [0.05, 0.1) is 41.2 Å². The second-order valence-corrected chi connectivity index (χ2v) is 7.40.